The first-order valence-corrected chi connectivity index (χ1v) is 20.5. The maximum atomic E-state index is 12.7. The molecule has 12 nitrogen and oxygen atoms in total. The summed E-state index contributed by atoms with van der Waals surface area (Å²) in [4.78, 5) is 25.2. The summed E-state index contributed by atoms with van der Waals surface area (Å²) in [6.07, 6.45) is 30.5. The highest BCUT2D eigenvalue weighted by Crippen LogP contribution is 2.23. The predicted molar refractivity (Wildman–Crippen MR) is 210 cm³/mol. The molecule has 0 spiro atoms. The van der Waals surface area contributed by atoms with E-state index in [1.807, 2.05) is 79.0 Å². The largest absolute Gasteiger partial charge is 0.462 e. The summed E-state index contributed by atoms with van der Waals surface area (Å²) < 4.78 is 53.7. The van der Waals surface area contributed by atoms with Crippen molar-refractivity contribution in [3.8, 4) is 0 Å². The molecule has 1 aliphatic heterocycles. The molecule has 3 unspecified atom stereocenters. The summed E-state index contributed by atoms with van der Waals surface area (Å²) in [5, 5.41) is 30.7. The minimum atomic E-state index is -4.61. The number of esters is 2. The number of ether oxygens (including phenoxy) is 4. The van der Waals surface area contributed by atoms with Crippen molar-refractivity contribution in [2.75, 3.05) is 19.0 Å². The third kappa shape index (κ3) is 25.6. The normalized spacial score (nSPS) is 22.1. The van der Waals surface area contributed by atoms with Gasteiger partial charge in [-0.15, -0.1) is 0 Å². The first-order chi connectivity index (χ1) is 26.0. The van der Waals surface area contributed by atoms with Gasteiger partial charge in [0, 0.05) is 12.8 Å². The van der Waals surface area contributed by atoms with Crippen LogP contribution >= 0.6 is 0 Å². The van der Waals surface area contributed by atoms with E-state index >= 15 is 0 Å². The average Bonchev–Trinajstić information content (AvgIpc) is 3.13. The van der Waals surface area contributed by atoms with Crippen molar-refractivity contribution in [2.24, 2.45) is 0 Å². The van der Waals surface area contributed by atoms with Crippen LogP contribution in [0.25, 0.3) is 0 Å². The molecule has 54 heavy (non-hydrogen) atoms. The minimum Gasteiger partial charge on any atom is -0.462 e. The van der Waals surface area contributed by atoms with Crippen molar-refractivity contribution in [3.63, 3.8) is 0 Å². The van der Waals surface area contributed by atoms with Gasteiger partial charge in [0.05, 0.1) is 6.61 Å². The van der Waals surface area contributed by atoms with E-state index < -0.39 is 71.2 Å². The quantitative estimate of drug-likeness (QED) is 0.0300. The fourth-order valence-corrected chi connectivity index (χ4v) is 5.62. The fourth-order valence-electron chi connectivity index (χ4n) is 4.93. The van der Waals surface area contributed by atoms with Crippen molar-refractivity contribution in [3.05, 3.63) is 97.2 Å². The Morgan fingerprint density at radius 3 is 1.61 bits per heavy atom. The van der Waals surface area contributed by atoms with Gasteiger partial charge < -0.3 is 34.3 Å². The standard InChI is InChI=1S/C41H62O12S/c1-3-5-7-9-11-13-15-17-19-21-23-25-27-29-36(42)50-31-34(32-51-41-40(46)39(45)38(44)35(53-41)33-54(47,48)49)52-37(43)30-28-26-24-22-20-18-16-14-12-10-8-6-4-2/h5-20,34-35,38-41,44-46H,3-4,21-33H2,1-2H3,(H,47,48,49)/b7-5+,8-6+,11-9+,12-10+,15-13+,16-14+,19-17+,20-18+/t34?,35-,38-,39?,40?,41+/m0/s1. The van der Waals surface area contributed by atoms with Crippen LogP contribution in [0.15, 0.2) is 97.2 Å². The molecule has 0 radical (unpaired) electrons. The van der Waals surface area contributed by atoms with Crippen molar-refractivity contribution < 1.29 is 56.8 Å². The molecule has 0 aromatic rings. The number of hydrogen-bond acceptors (Lipinski definition) is 11. The van der Waals surface area contributed by atoms with E-state index in [9.17, 15) is 37.9 Å². The smallest absolute Gasteiger partial charge is 0.306 e. The van der Waals surface area contributed by atoms with Crippen LogP contribution in [0, 0.1) is 0 Å². The maximum absolute atomic E-state index is 12.7. The molecule has 0 amide bonds. The van der Waals surface area contributed by atoms with Gasteiger partial charge in [0.25, 0.3) is 10.1 Å². The van der Waals surface area contributed by atoms with Crippen molar-refractivity contribution in [2.45, 2.75) is 128 Å². The summed E-state index contributed by atoms with van der Waals surface area (Å²) in [5.41, 5.74) is 0. The Balaban J connectivity index is 2.61. The third-order valence-corrected chi connectivity index (χ3v) is 8.60. The molecule has 1 fully saturated rings. The number of unbranched alkanes of at least 4 members (excludes halogenated alkanes) is 6. The van der Waals surface area contributed by atoms with Crippen LogP contribution in [0.3, 0.4) is 0 Å². The SMILES string of the molecule is CC/C=C/C=C/C=C/C=C/CCCCCC(=O)OCC(CO[C@@H]1O[C@@H](CS(=O)(=O)O)[C@H](O)C(O)C1O)OC(=O)CCCCC/C=C/C=C/C=C/C=C/CC. The van der Waals surface area contributed by atoms with E-state index in [0.29, 0.717) is 12.8 Å². The number of aliphatic hydroxyl groups is 3. The predicted octanol–water partition coefficient (Wildman–Crippen LogP) is 6.32. The third-order valence-electron chi connectivity index (χ3n) is 7.85. The van der Waals surface area contributed by atoms with Gasteiger partial charge in [0.2, 0.25) is 0 Å². The van der Waals surface area contributed by atoms with Crippen LogP contribution in [0.1, 0.15) is 90.9 Å². The number of hydrogen-bond donors (Lipinski definition) is 4. The van der Waals surface area contributed by atoms with Gasteiger partial charge in [-0.2, -0.15) is 8.42 Å². The first kappa shape index (κ1) is 48.6. The number of carbonyl (C=O) groups is 2. The molecular weight excluding hydrogens is 717 g/mol. The van der Waals surface area contributed by atoms with Crippen molar-refractivity contribution in [1.82, 2.24) is 0 Å². The maximum Gasteiger partial charge on any atom is 0.306 e. The fraction of sp³-hybridized carbons (Fsp3) is 0.561. The van der Waals surface area contributed by atoms with Gasteiger partial charge in [-0.25, -0.2) is 0 Å². The summed E-state index contributed by atoms with van der Waals surface area (Å²) in [6, 6.07) is 0. The lowest BCUT2D eigenvalue weighted by Gasteiger charge is -2.40. The topological polar surface area (TPSA) is 186 Å². The second-order valence-corrected chi connectivity index (χ2v) is 14.2. The monoisotopic (exact) mass is 778 g/mol. The molecule has 0 aromatic heterocycles. The molecule has 1 rings (SSSR count). The van der Waals surface area contributed by atoms with Gasteiger partial charge in [0.1, 0.15) is 36.8 Å². The molecule has 13 heteroatoms. The number of carbonyl (C=O) groups excluding carboxylic acids is 2. The van der Waals surface area contributed by atoms with Crippen LogP contribution in [-0.4, -0.2) is 96.0 Å². The Morgan fingerprint density at radius 2 is 1.11 bits per heavy atom. The molecule has 0 aromatic carbocycles. The highest BCUT2D eigenvalue weighted by Gasteiger charge is 2.46. The second-order valence-electron chi connectivity index (χ2n) is 12.7. The molecule has 0 saturated carbocycles. The molecule has 1 aliphatic rings. The number of allylic oxidation sites excluding steroid dienone is 16. The Bertz CT molecular complexity index is 1380. The van der Waals surface area contributed by atoms with Gasteiger partial charge >= 0.3 is 11.9 Å². The summed E-state index contributed by atoms with van der Waals surface area (Å²) in [5.74, 6) is -2.11. The molecule has 1 saturated heterocycles. The van der Waals surface area contributed by atoms with Crippen LogP contribution in [0.4, 0.5) is 0 Å². The Hall–Kier alpha value is -3.43. The number of rotatable bonds is 28. The average molecular weight is 779 g/mol. The van der Waals surface area contributed by atoms with Gasteiger partial charge in [0.15, 0.2) is 12.4 Å². The van der Waals surface area contributed by atoms with Crippen molar-refractivity contribution in [1.29, 1.82) is 0 Å². The second kappa shape index (κ2) is 30.8. The molecule has 6 atom stereocenters. The minimum absolute atomic E-state index is 0.102. The van der Waals surface area contributed by atoms with Crippen molar-refractivity contribution >= 4 is 22.1 Å². The lowest BCUT2D eigenvalue weighted by Crippen LogP contribution is -2.60. The van der Waals surface area contributed by atoms with E-state index in [2.05, 4.69) is 32.1 Å². The van der Waals surface area contributed by atoms with E-state index in [4.69, 9.17) is 18.9 Å². The van der Waals surface area contributed by atoms with Crippen LogP contribution in [0.2, 0.25) is 0 Å². The van der Waals surface area contributed by atoms with E-state index in [-0.39, 0.29) is 19.4 Å². The highest BCUT2D eigenvalue weighted by atomic mass is 32.2. The zero-order valence-corrected chi connectivity index (χ0v) is 32.6. The lowest BCUT2D eigenvalue weighted by atomic mass is 10.00. The first-order valence-electron chi connectivity index (χ1n) is 18.9. The molecule has 0 bridgehead atoms. The molecule has 1 heterocycles. The van der Waals surface area contributed by atoms with E-state index in [0.717, 1.165) is 51.4 Å². The Kier molecular flexibility index (Phi) is 27.8. The van der Waals surface area contributed by atoms with E-state index in [1.165, 1.54) is 0 Å². The highest BCUT2D eigenvalue weighted by molar-refractivity contribution is 7.85. The lowest BCUT2D eigenvalue weighted by molar-refractivity contribution is -0.297. The summed E-state index contributed by atoms with van der Waals surface area (Å²) >= 11 is 0. The zero-order chi connectivity index (χ0) is 39.9. The molecule has 4 N–H and O–H groups in total. The molecule has 0 aliphatic carbocycles. The molecule has 304 valence electrons. The van der Waals surface area contributed by atoms with Crippen LogP contribution in [0.5, 0.6) is 0 Å². The number of aliphatic hydroxyl groups excluding tert-OH is 3. The Labute approximate surface area is 322 Å². The van der Waals surface area contributed by atoms with Gasteiger partial charge in [-0.05, 0) is 51.4 Å². The summed E-state index contributed by atoms with van der Waals surface area (Å²) in [7, 11) is -4.61. The van der Waals surface area contributed by atoms with Crippen LogP contribution in [-0.2, 0) is 38.7 Å². The zero-order valence-electron chi connectivity index (χ0n) is 31.8. The summed E-state index contributed by atoms with van der Waals surface area (Å²) in [6.45, 7) is 3.35. The Morgan fingerprint density at radius 1 is 0.630 bits per heavy atom. The van der Waals surface area contributed by atoms with Gasteiger partial charge in [-0.3, -0.25) is 14.1 Å². The van der Waals surface area contributed by atoms with Crippen LogP contribution < -0.4 is 0 Å². The van der Waals surface area contributed by atoms with E-state index in [1.54, 1.807) is 0 Å². The molecular formula is C41H62O12S. The van der Waals surface area contributed by atoms with Gasteiger partial charge in [-0.1, -0.05) is 124 Å².